The van der Waals surface area contributed by atoms with Crippen LogP contribution in [0.3, 0.4) is 0 Å². The van der Waals surface area contributed by atoms with Gasteiger partial charge in [0.15, 0.2) is 0 Å². The monoisotopic (exact) mass is 383 g/mol. The molecule has 1 heterocycles. The molecule has 0 saturated carbocycles. The van der Waals surface area contributed by atoms with Crippen LogP contribution in [0.1, 0.15) is 19.2 Å². The van der Waals surface area contributed by atoms with Gasteiger partial charge in [-0.05, 0) is 55.8 Å². The van der Waals surface area contributed by atoms with E-state index >= 15 is 0 Å². The van der Waals surface area contributed by atoms with Crippen molar-refractivity contribution in [2.24, 2.45) is 0 Å². The number of ether oxygens (including phenoxy) is 1. The SMILES string of the molecule is C=C(CCc1nc(-c2ccc(OC)cc2)no1)N(CC)c1cccc(Cl)c1. The maximum absolute atomic E-state index is 6.11. The summed E-state index contributed by atoms with van der Waals surface area (Å²) in [5, 5.41) is 4.78. The van der Waals surface area contributed by atoms with E-state index < -0.39 is 0 Å². The highest BCUT2D eigenvalue weighted by molar-refractivity contribution is 6.30. The Labute approximate surface area is 164 Å². The quantitative estimate of drug-likeness (QED) is 0.523. The number of hydrogen-bond donors (Lipinski definition) is 0. The molecule has 0 fully saturated rings. The van der Waals surface area contributed by atoms with E-state index in [-0.39, 0.29) is 0 Å². The van der Waals surface area contributed by atoms with Crippen LogP contribution in [0.15, 0.2) is 65.3 Å². The van der Waals surface area contributed by atoms with E-state index in [1.54, 1.807) is 7.11 Å². The van der Waals surface area contributed by atoms with Crippen molar-refractivity contribution in [1.82, 2.24) is 10.1 Å². The van der Waals surface area contributed by atoms with E-state index in [0.717, 1.165) is 29.2 Å². The molecule has 0 aliphatic carbocycles. The Morgan fingerprint density at radius 1 is 1.22 bits per heavy atom. The molecule has 0 spiro atoms. The predicted molar refractivity (Wildman–Crippen MR) is 108 cm³/mol. The van der Waals surface area contributed by atoms with Gasteiger partial charge in [0.1, 0.15) is 5.75 Å². The first kappa shape index (κ1) is 19.0. The lowest BCUT2D eigenvalue weighted by atomic mass is 10.2. The second-order valence-electron chi connectivity index (χ2n) is 6.03. The number of allylic oxidation sites excluding steroid dienone is 1. The van der Waals surface area contributed by atoms with Crippen molar-refractivity contribution < 1.29 is 9.26 Å². The van der Waals surface area contributed by atoms with Crippen LogP contribution in [0, 0.1) is 0 Å². The summed E-state index contributed by atoms with van der Waals surface area (Å²) in [5.41, 5.74) is 2.89. The molecule has 0 unspecified atom stereocenters. The number of benzene rings is 2. The van der Waals surface area contributed by atoms with Gasteiger partial charge in [-0.1, -0.05) is 29.4 Å². The number of methoxy groups -OCH3 is 1. The van der Waals surface area contributed by atoms with Crippen molar-refractivity contribution in [3.63, 3.8) is 0 Å². The van der Waals surface area contributed by atoms with Gasteiger partial charge in [0.2, 0.25) is 11.7 Å². The molecule has 0 amide bonds. The zero-order valence-electron chi connectivity index (χ0n) is 15.5. The molecule has 1 aromatic heterocycles. The van der Waals surface area contributed by atoms with Gasteiger partial charge in [0.25, 0.3) is 0 Å². The smallest absolute Gasteiger partial charge is 0.227 e. The fourth-order valence-electron chi connectivity index (χ4n) is 2.83. The second-order valence-corrected chi connectivity index (χ2v) is 6.47. The number of halogens is 1. The first-order valence-electron chi connectivity index (χ1n) is 8.78. The Hall–Kier alpha value is -2.79. The van der Waals surface area contributed by atoms with Gasteiger partial charge < -0.3 is 14.2 Å². The Morgan fingerprint density at radius 2 is 2.00 bits per heavy atom. The minimum absolute atomic E-state index is 0.570. The second kappa shape index (κ2) is 8.73. The lowest BCUT2D eigenvalue weighted by Crippen LogP contribution is -2.21. The van der Waals surface area contributed by atoms with Crippen molar-refractivity contribution in [3.8, 4) is 17.1 Å². The maximum Gasteiger partial charge on any atom is 0.227 e. The number of hydrogen-bond acceptors (Lipinski definition) is 5. The van der Waals surface area contributed by atoms with Crippen LogP contribution in [0.25, 0.3) is 11.4 Å². The number of aryl methyl sites for hydroxylation is 1. The highest BCUT2D eigenvalue weighted by Gasteiger charge is 2.13. The summed E-state index contributed by atoms with van der Waals surface area (Å²) in [6.45, 7) is 7.10. The standard InChI is InChI=1S/C21H22ClN3O2/c1-4-25(18-7-5-6-17(22)14-18)15(2)8-13-20-23-21(24-27-20)16-9-11-19(26-3)12-10-16/h5-7,9-12,14H,2,4,8,13H2,1,3H3. The summed E-state index contributed by atoms with van der Waals surface area (Å²) in [4.78, 5) is 6.61. The summed E-state index contributed by atoms with van der Waals surface area (Å²) < 4.78 is 10.6. The first-order chi connectivity index (χ1) is 13.1. The molecule has 3 rings (SSSR count). The van der Waals surface area contributed by atoms with Gasteiger partial charge in [-0.2, -0.15) is 4.98 Å². The van der Waals surface area contributed by atoms with Crippen LogP contribution in [-0.2, 0) is 6.42 Å². The summed E-state index contributed by atoms with van der Waals surface area (Å²) in [7, 11) is 1.64. The molecule has 0 bridgehead atoms. The van der Waals surface area contributed by atoms with Gasteiger partial charge in [-0.3, -0.25) is 0 Å². The topological polar surface area (TPSA) is 51.4 Å². The van der Waals surface area contributed by atoms with Crippen LogP contribution in [-0.4, -0.2) is 23.8 Å². The average Bonchev–Trinajstić information content (AvgIpc) is 3.16. The molecule has 0 aliphatic heterocycles. The zero-order valence-corrected chi connectivity index (χ0v) is 16.2. The van der Waals surface area contributed by atoms with Crippen LogP contribution < -0.4 is 9.64 Å². The minimum atomic E-state index is 0.570. The zero-order chi connectivity index (χ0) is 19.2. The van der Waals surface area contributed by atoms with Crippen LogP contribution in [0.5, 0.6) is 5.75 Å². The third-order valence-corrected chi connectivity index (χ3v) is 4.50. The predicted octanol–water partition coefficient (Wildman–Crippen LogP) is 5.37. The summed E-state index contributed by atoms with van der Waals surface area (Å²) in [6.07, 6.45) is 1.34. The van der Waals surface area contributed by atoms with E-state index in [0.29, 0.717) is 29.6 Å². The van der Waals surface area contributed by atoms with Crippen molar-refractivity contribution in [3.05, 3.63) is 71.7 Å². The number of anilines is 1. The molecule has 0 atom stereocenters. The number of aromatic nitrogens is 2. The molecule has 2 aromatic carbocycles. The Kier molecular flexibility index (Phi) is 6.14. The summed E-state index contributed by atoms with van der Waals surface area (Å²) in [5.74, 6) is 1.95. The van der Waals surface area contributed by atoms with Crippen LogP contribution in [0.4, 0.5) is 5.69 Å². The molecule has 0 radical (unpaired) electrons. The highest BCUT2D eigenvalue weighted by Crippen LogP contribution is 2.25. The molecular formula is C21H22ClN3O2. The minimum Gasteiger partial charge on any atom is -0.497 e. The van der Waals surface area contributed by atoms with Crippen molar-refractivity contribution >= 4 is 17.3 Å². The molecule has 6 heteroatoms. The first-order valence-corrected chi connectivity index (χ1v) is 9.16. The molecule has 0 aliphatic rings. The third kappa shape index (κ3) is 4.68. The van der Waals surface area contributed by atoms with E-state index in [9.17, 15) is 0 Å². The van der Waals surface area contributed by atoms with E-state index in [4.69, 9.17) is 20.9 Å². The lowest BCUT2D eigenvalue weighted by Gasteiger charge is -2.25. The molecule has 0 saturated heterocycles. The van der Waals surface area contributed by atoms with Crippen molar-refractivity contribution in [2.45, 2.75) is 19.8 Å². The largest absolute Gasteiger partial charge is 0.497 e. The fraction of sp³-hybridized carbons (Fsp3) is 0.238. The van der Waals surface area contributed by atoms with Gasteiger partial charge in [-0.15, -0.1) is 0 Å². The van der Waals surface area contributed by atoms with Gasteiger partial charge in [0, 0.05) is 34.9 Å². The molecule has 3 aromatic rings. The maximum atomic E-state index is 6.11. The number of rotatable bonds is 8. The van der Waals surface area contributed by atoms with Crippen LogP contribution in [0.2, 0.25) is 5.02 Å². The van der Waals surface area contributed by atoms with Crippen molar-refractivity contribution in [2.75, 3.05) is 18.6 Å². The van der Waals surface area contributed by atoms with Gasteiger partial charge >= 0.3 is 0 Å². The van der Waals surface area contributed by atoms with Crippen LogP contribution >= 0.6 is 11.6 Å². The summed E-state index contributed by atoms with van der Waals surface area (Å²) in [6, 6.07) is 15.3. The summed E-state index contributed by atoms with van der Waals surface area (Å²) >= 11 is 6.11. The van der Waals surface area contributed by atoms with E-state index in [2.05, 4.69) is 28.5 Å². The van der Waals surface area contributed by atoms with Gasteiger partial charge in [-0.25, -0.2) is 0 Å². The Bertz CT molecular complexity index is 906. The average molecular weight is 384 g/mol. The Balaban J connectivity index is 1.64. The Morgan fingerprint density at radius 3 is 2.67 bits per heavy atom. The molecule has 0 N–H and O–H groups in total. The third-order valence-electron chi connectivity index (χ3n) is 4.26. The molecule has 140 valence electrons. The highest BCUT2D eigenvalue weighted by atomic mass is 35.5. The molecule has 5 nitrogen and oxygen atoms in total. The van der Waals surface area contributed by atoms with Gasteiger partial charge in [0.05, 0.1) is 7.11 Å². The lowest BCUT2D eigenvalue weighted by molar-refractivity contribution is 0.378. The van der Waals surface area contributed by atoms with E-state index in [1.807, 2.05) is 48.5 Å². The normalized spacial score (nSPS) is 10.6. The molecule has 27 heavy (non-hydrogen) atoms. The molecular weight excluding hydrogens is 362 g/mol. The van der Waals surface area contributed by atoms with Crippen molar-refractivity contribution in [1.29, 1.82) is 0 Å². The number of nitrogens with zero attached hydrogens (tertiary/aromatic N) is 3. The van der Waals surface area contributed by atoms with E-state index in [1.165, 1.54) is 0 Å². The fourth-order valence-corrected chi connectivity index (χ4v) is 3.02.